The molecule has 2 atom stereocenters. The molecule has 5 heteroatoms. The van der Waals surface area contributed by atoms with Crippen molar-refractivity contribution in [2.75, 3.05) is 6.61 Å². The van der Waals surface area contributed by atoms with Crippen molar-refractivity contribution in [3.05, 3.63) is 19.8 Å². The highest BCUT2D eigenvalue weighted by atomic mass is 79.9. The molecule has 1 aliphatic rings. The normalized spacial score (nSPS) is 24.1. The first kappa shape index (κ1) is 12.4. The van der Waals surface area contributed by atoms with Crippen molar-refractivity contribution in [2.45, 2.75) is 30.2 Å². The molecular formula is C10H11Br2ClOS. The summed E-state index contributed by atoms with van der Waals surface area (Å²) in [5, 5.41) is 0. The van der Waals surface area contributed by atoms with E-state index in [9.17, 15) is 0 Å². The molecule has 1 aromatic rings. The van der Waals surface area contributed by atoms with Crippen molar-refractivity contribution in [2.24, 2.45) is 0 Å². The molecule has 1 aliphatic heterocycles. The van der Waals surface area contributed by atoms with Gasteiger partial charge in [0.2, 0.25) is 0 Å². The quantitative estimate of drug-likeness (QED) is 0.649. The molecule has 1 saturated heterocycles. The molecule has 1 nitrogen and oxygen atoms in total. The topological polar surface area (TPSA) is 9.23 Å². The van der Waals surface area contributed by atoms with E-state index in [2.05, 4.69) is 37.9 Å². The van der Waals surface area contributed by atoms with Gasteiger partial charge in [-0.2, -0.15) is 0 Å². The van der Waals surface area contributed by atoms with Crippen LogP contribution < -0.4 is 0 Å². The molecule has 0 aromatic carbocycles. The summed E-state index contributed by atoms with van der Waals surface area (Å²) in [6, 6.07) is 2.07. The zero-order valence-corrected chi connectivity index (χ0v) is 12.8. The Bertz CT molecular complexity index is 317. The first-order chi connectivity index (χ1) is 7.18. The van der Waals surface area contributed by atoms with E-state index in [0.29, 0.717) is 6.10 Å². The Morgan fingerprint density at radius 2 is 2.33 bits per heavy atom. The van der Waals surface area contributed by atoms with E-state index in [1.54, 1.807) is 11.3 Å². The van der Waals surface area contributed by atoms with Gasteiger partial charge in [0.05, 0.1) is 10.9 Å². The summed E-state index contributed by atoms with van der Waals surface area (Å²) in [4.78, 5) is 1.50. The Kier molecular flexibility index (Phi) is 4.53. The predicted octanol–water partition coefficient (Wildman–Crippen LogP) is 5.17. The van der Waals surface area contributed by atoms with Crippen molar-refractivity contribution in [3.8, 4) is 0 Å². The van der Waals surface area contributed by atoms with E-state index >= 15 is 0 Å². The Hall–Kier alpha value is 0.910. The highest BCUT2D eigenvalue weighted by molar-refractivity contribution is 9.10. The number of rotatable bonds is 2. The average molecular weight is 375 g/mol. The average Bonchev–Trinajstić information content (AvgIpc) is 2.59. The summed E-state index contributed by atoms with van der Waals surface area (Å²) in [6.07, 6.45) is 3.86. The number of thiophene rings is 1. The second-order valence-corrected chi connectivity index (χ2v) is 7.10. The van der Waals surface area contributed by atoms with Crippen molar-refractivity contribution < 1.29 is 4.74 Å². The van der Waals surface area contributed by atoms with Crippen LogP contribution in [0.25, 0.3) is 0 Å². The Labute approximate surface area is 115 Å². The monoisotopic (exact) mass is 372 g/mol. The van der Waals surface area contributed by atoms with E-state index in [4.69, 9.17) is 16.3 Å². The highest BCUT2D eigenvalue weighted by Crippen LogP contribution is 2.41. The summed E-state index contributed by atoms with van der Waals surface area (Å²) in [5.41, 5.74) is 0. The summed E-state index contributed by atoms with van der Waals surface area (Å²) < 4.78 is 7.53. The summed E-state index contributed by atoms with van der Waals surface area (Å²) >= 11 is 14.8. The van der Waals surface area contributed by atoms with Gasteiger partial charge in [0, 0.05) is 16.0 Å². The molecule has 0 radical (unpaired) electrons. The standard InChI is InChI=1S/C10H11Br2ClOS/c11-6-5-8(15-10(6)13)9(12)7-3-1-2-4-14-7/h5,7,9H,1-4H2. The van der Waals surface area contributed by atoms with Gasteiger partial charge in [-0.3, -0.25) is 0 Å². The predicted molar refractivity (Wildman–Crippen MR) is 72.3 cm³/mol. The molecule has 2 heterocycles. The molecule has 0 N–H and O–H groups in total. The van der Waals surface area contributed by atoms with Gasteiger partial charge < -0.3 is 4.74 Å². The summed E-state index contributed by atoms with van der Waals surface area (Å²) in [7, 11) is 0. The van der Waals surface area contributed by atoms with Crippen LogP contribution in [0.2, 0.25) is 4.34 Å². The third-order valence-electron chi connectivity index (χ3n) is 2.48. The van der Waals surface area contributed by atoms with Crippen molar-refractivity contribution in [1.29, 1.82) is 0 Å². The molecule has 0 bridgehead atoms. The summed E-state index contributed by atoms with van der Waals surface area (Å²) in [5.74, 6) is 0. The molecule has 0 aliphatic carbocycles. The molecule has 0 spiro atoms. The zero-order chi connectivity index (χ0) is 10.8. The van der Waals surface area contributed by atoms with E-state index < -0.39 is 0 Å². The SMILES string of the molecule is Clc1sc(C(Br)C2CCCCO2)cc1Br. The molecule has 1 fully saturated rings. The van der Waals surface area contributed by atoms with Crippen LogP contribution in [0.4, 0.5) is 0 Å². The highest BCUT2D eigenvalue weighted by Gasteiger charge is 2.25. The first-order valence-electron chi connectivity index (χ1n) is 4.89. The van der Waals surface area contributed by atoms with Crippen LogP contribution in [0.15, 0.2) is 10.5 Å². The Morgan fingerprint density at radius 3 is 2.87 bits per heavy atom. The first-order valence-corrected chi connectivity index (χ1v) is 7.79. The molecule has 0 amide bonds. The second kappa shape index (κ2) is 5.50. The fourth-order valence-electron chi connectivity index (χ4n) is 1.68. The van der Waals surface area contributed by atoms with Gasteiger partial charge in [-0.1, -0.05) is 27.5 Å². The van der Waals surface area contributed by atoms with Gasteiger partial charge in [0.15, 0.2) is 0 Å². The van der Waals surface area contributed by atoms with Gasteiger partial charge in [0.25, 0.3) is 0 Å². The van der Waals surface area contributed by atoms with Crippen molar-refractivity contribution in [3.63, 3.8) is 0 Å². The van der Waals surface area contributed by atoms with Gasteiger partial charge in [-0.15, -0.1) is 11.3 Å². The van der Waals surface area contributed by atoms with E-state index in [0.717, 1.165) is 21.8 Å². The van der Waals surface area contributed by atoms with Crippen LogP contribution >= 0.6 is 54.8 Å². The van der Waals surface area contributed by atoms with E-state index in [-0.39, 0.29) is 4.83 Å². The van der Waals surface area contributed by atoms with Gasteiger partial charge in [0.1, 0.15) is 4.34 Å². The zero-order valence-electron chi connectivity index (χ0n) is 8.01. The number of halogens is 3. The summed E-state index contributed by atoms with van der Waals surface area (Å²) in [6.45, 7) is 0.882. The van der Waals surface area contributed by atoms with Crippen LogP contribution in [0, 0.1) is 0 Å². The van der Waals surface area contributed by atoms with Gasteiger partial charge >= 0.3 is 0 Å². The van der Waals surface area contributed by atoms with Crippen LogP contribution in [0.5, 0.6) is 0 Å². The number of hydrogen-bond donors (Lipinski definition) is 0. The molecule has 84 valence electrons. The molecule has 0 saturated carbocycles. The van der Waals surface area contributed by atoms with Crippen molar-refractivity contribution in [1.82, 2.24) is 0 Å². The minimum absolute atomic E-state index is 0.270. The molecule has 15 heavy (non-hydrogen) atoms. The third kappa shape index (κ3) is 2.97. The smallest absolute Gasteiger partial charge is 0.107 e. The lowest BCUT2D eigenvalue weighted by Crippen LogP contribution is -2.22. The van der Waals surface area contributed by atoms with Crippen LogP contribution in [-0.4, -0.2) is 12.7 Å². The lowest BCUT2D eigenvalue weighted by atomic mass is 10.1. The minimum Gasteiger partial charge on any atom is -0.377 e. The van der Waals surface area contributed by atoms with Crippen LogP contribution in [0.3, 0.4) is 0 Å². The largest absolute Gasteiger partial charge is 0.377 e. The Morgan fingerprint density at radius 1 is 1.53 bits per heavy atom. The van der Waals surface area contributed by atoms with Crippen LogP contribution in [-0.2, 0) is 4.74 Å². The molecular weight excluding hydrogens is 363 g/mol. The minimum atomic E-state index is 0.270. The van der Waals surface area contributed by atoms with E-state index in [1.807, 2.05) is 0 Å². The van der Waals surface area contributed by atoms with Gasteiger partial charge in [-0.05, 0) is 41.3 Å². The lowest BCUT2D eigenvalue weighted by molar-refractivity contribution is 0.0165. The van der Waals surface area contributed by atoms with Crippen LogP contribution in [0.1, 0.15) is 29.0 Å². The van der Waals surface area contributed by atoms with Gasteiger partial charge in [-0.25, -0.2) is 0 Å². The fraction of sp³-hybridized carbons (Fsp3) is 0.600. The maximum atomic E-state index is 6.02. The third-order valence-corrected chi connectivity index (χ3v) is 6.42. The maximum Gasteiger partial charge on any atom is 0.107 e. The molecule has 1 aromatic heterocycles. The fourth-order valence-corrected chi connectivity index (χ4v) is 4.28. The maximum absolute atomic E-state index is 6.02. The molecule has 2 unspecified atom stereocenters. The second-order valence-electron chi connectivity index (χ2n) is 3.58. The molecule has 2 rings (SSSR count). The number of ether oxygens (including phenoxy) is 1. The van der Waals surface area contributed by atoms with Crippen molar-refractivity contribution >= 4 is 54.8 Å². The van der Waals surface area contributed by atoms with E-state index in [1.165, 1.54) is 17.7 Å². The number of hydrogen-bond acceptors (Lipinski definition) is 2. The number of alkyl halides is 1. The Balaban J connectivity index is 2.08. The lowest BCUT2D eigenvalue weighted by Gasteiger charge is -2.26.